The Bertz CT molecular complexity index is 850. The second-order valence-electron chi connectivity index (χ2n) is 5.44. The zero-order chi connectivity index (χ0) is 17.9. The molecule has 0 aromatic heterocycles. The van der Waals surface area contributed by atoms with Gasteiger partial charge in [-0.2, -0.15) is 0 Å². The van der Waals surface area contributed by atoms with E-state index < -0.39 is 20.4 Å². The molecule has 0 aliphatic rings. The number of para-hydroxylation sites is 1. The highest BCUT2D eigenvalue weighted by molar-refractivity contribution is 14.1. The summed E-state index contributed by atoms with van der Waals surface area (Å²) < 4.78 is 39.1. The highest BCUT2D eigenvalue weighted by atomic mass is 127. The average Bonchev–Trinajstić information content (AvgIpc) is 2.51. The van der Waals surface area contributed by atoms with Gasteiger partial charge in [-0.1, -0.05) is 19.1 Å². The second kappa shape index (κ2) is 7.56. The molecular formula is C16H15FINO4S. The molecular weight excluding hydrogens is 448 g/mol. The summed E-state index contributed by atoms with van der Waals surface area (Å²) in [6.45, 7) is 1.81. The lowest BCUT2D eigenvalue weighted by Gasteiger charge is -2.13. The van der Waals surface area contributed by atoms with E-state index in [1.165, 1.54) is 36.4 Å². The summed E-state index contributed by atoms with van der Waals surface area (Å²) in [5.74, 6) is -0.802. The van der Waals surface area contributed by atoms with Crippen LogP contribution in [0.3, 0.4) is 0 Å². The van der Waals surface area contributed by atoms with Crippen LogP contribution >= 0.6 is 22.6 Å². The maximum absolute atomic E-state index is 13.5. The van der Waals surface area contributed by atoms with Crippen LogP contribution < -0.4 is 0 Å². The van der Waals surface area contributed by atoms with Crippen LogP contribution in [-0.4, -0.2) is 19.1 Å². The summed E-state index contributed by atoms with van der Waals surface area (Å²) >= 11 is 2.00. The van der Waals surface area contributed by atoms with Crippen molar-refractivity contribution in [2.75, 3.05) is 5.75 Å². The van der Waals surface area contributed by atoms with E-state index in [4.69, 9.17) is 0 Å². The number of halogens is 2. The van der Waals surface area contributed by atoms with Gasteiger partial charge in [0.1, 0.15) is 10.7 Å². The number of nitrogens with zero attached hydrogens (tertiary/aromatic N) is 1. The lowest BCUT2D eigenvalue weighted by molar-refractivity contribution is -0.387. The molecule has 24 heavy (non-hydrogen) atoms. The molecule has 0 aliphatic carbocycles. The molecule has 0 N–H and O–H groups in total. The molecule has 0 spiro atoms. The predicted molar refractivity (Wildman–Crippen MR) is 97.3 cm³/mol. The van der Waals surface area contributed by atoms with Crippen LogP contribution in [0.1, 0.15) is 24.8 Å². The van der Waals surface area contributed by atoms with Gasteiger partial charge >= 0.3 is 0 Å². The number of hydrogen-bond acceptors (Lipinski definition) is 4. The fourth-order valence-corrected chi connectivity index (χ4v) is 4.63. The molecule has 0 heterocycles. The predicted octanol–water partition coefficient (Wildman–Crippen LogP) is 4.31. The van der Waals surface area contributed by atoms with Gasteiger partial charge in [0.2, 0.25) is 0 Å². The van der Waals surface area contributed by atoms with Gasteiger partial charge in [-0.05, 0) is 64.8 Å². The van der Waals surface area contributed by atoms with Gasteiger partial charge in [-0.3, -0.25) is 10.1 Å². The highest BCUT2D eigenvalue weighted by Gasteiger charge is 2.25. The zero-order valence-corrected chi connectivity index (χ0v) is 15.8. The molecule has 0 aliphatic heterocycles. The van der Waals surface area contributed by atoms with E-state index in [1.54, 1.807) is 13.0 Å². The first-order chi connectivity index (χ1) is 11.2. The fourth-order valence-electron chi connectivity index (χ4n) is 2.34. The summed E-state index contributed by atoms with van der Waals surface area (Å²) in [5.41, 5.74) is 0.280. The van der Waals surface area contributed by atoms with E-state index in [1.807, 2.05) is 22.6 Å². The molecule has 0 radical (unpaired) electrons. The lowest BCUT2D eigenvalue weighted by atomic mass is 9.99. The zero-order valence-electron chi connectivity index (χ0n) is 12.8. The summed E-state index contributed by atoms with van der Waals surface area (Å²) in [4.78, 5) is 10.0. The van der Waals surface area contributed by atoms with Crippen molar-refractivity contribution in [1.82, 2.24) is 0 Å². The fraction of sp³-hybridized carbons (Fsp3) is 0.250. The van der Waals surface area contributed by atoms with Gasteiger partial charge in [-0.15, -0.1) is 0 Å². The van der Waals surface area contributed by atoms with Crippen LogP contribution in [0, 0.1) is 19.5 Å². The van der Waals surface area contributed by atoms with Crippen molar-refractivity contribution < 1.29 is 17.7 Å². The van der Waals surface area contributed by atoms with Crippen molar-refractivity contribution >= 4 is 38.1 Å². The minimum atomic E-state index is -3.80. The Hall–Kier alpha value is -1.55. The second-order valence-corrected chi connectivity index (χ2v) is 8.76. The molecule has 0 saturated heterocycles. The van der Waals surface area contributed by atoms with Crippen molar-refractivity contribution in [1.29, 1.82) is 0 Å². The molecule has 1 atom stereocenters. The molecule has 5 nitrogen and oxygen atoms in total. The van der Waals surface area contributed by atoms with Crippen LogP contribution in [0.4, 0.5) is 10.1 Å². The van der Waals surface area contributed by atoms with E-state index in [9.17, 15) is 22.9 Å². The Balaban J connectivity index is 2.20. The molecule has 0 amide bonds. The first kappa shape index (κ1) is 18.8. The number of nitro groups is 1. The maximum Gasteiger partial charge on any atom is 0.287 e. The van der Waals surface area contributed by atoms with Crippen LogP contribution in [0.25, 0.3) is 0 Å². The number of rotatable bonds is 6. The van der Waals surface area contributed by atoms with E-state index in [0.29, 0.717) is 5.56 Å². The molecule has 2 aromatic rings. The van der Waals surface area contributed by atoms with Gasteiger partial charge in [0.05, 0.1) is 10.7 Å². The summed E-state index contributed by atoms with van der Waals surface area (Å²) in [6.07, 6.45) is 0.244. The van der Waals surface area contributed by atoms with Crippen molar-refractivity contribution in [3.05, 3.63) is 67.5 Å². The number of hydrogen-bond donors (Lipinski definition) is 0. The van der Waals surface area contributed by atoms with Crippen LogP contribution in [0.2, 0.25) is 0 Å². The normalized spacial score (nSPS) is 12.8. The molecule has 0 saturated carbocycles. The molecule has 0 bridgehead atoms. The molecule has 8 heteroatoms. The van der Waals surface area contributed by atoms with Crippen LogP contribution in [0.5, 0.6) is 0 Å². The standard InChI is InChI=1S/C16H15FINO4S/c1-11(12-8-13(17)10-14(18)9-12)6-7-24(22,23)16-5-3-2-4-15(16)19(20)21/h2-5,8-11H,6-7H2,1H3/t11-/m1/s1. The van der Waals surface area contributed by atoms with Crippen LogP contribution in [0.15, 0.2) is 47.4 Å². The van der Waals surface area contributed by atoms with Crippen molar-refractivity contribution in [3.8, 4) is 0 Å². The van der Waals surface area contributed by atoms with Crippen LogP contribution in [-0.2, 0) is 9.84 Å². The Morgan fingerprint density at radius 2 is 1.92 bits per heavy atom. The molecule has 2 aromatic carbocycles. The van der Waals surface area contributed by atoms with Gasteiger partial charge < -0.3 is 0 Å². The SMILES string of the molecule is C[C@H](CCS(=O)(=O)c1ccccc1[N+](=O)[O-])c1cc(F)cc(I)c1. The molecule has 2 rings (SSSR count). The van der Waals surface area contributed by atoms with E-state index in [-0.39, 0.29) is 28.8 Å². The quantitative estimate of drug-likeness (QED) is 0.364. The van der Waals surface area contributed by atoms with E-state index in [2.05, 4.69) is 0 Å². The third kappa shape index (κ3) is 4.50. The van der Waals surface area contributed by atoms with Gasteiger partial charge in [0, 0.05) is 9.64 Å². The van der Waals surface area contributed by atoms with Gasteiger partial charge in [-0.25, -0.2) is 12.8 Å². The first-order valence-electron chi connectivity index (χ1n) is 7.13. The molecule has 0 unspecified atom stereocenters. The minimum Gasteiger partial charge on any atom is -0.258 e. The van der Waals surface area contributed by atoms with Crippen molar-refractivity contribution in [3.63, 3.8) is 0 Å². The van der Waals surface area contributed by atoms with Gasteiger partial charge in [0.25, 0.3) is 5.69 Å². The Kier molecular flexibility index (Phi) is 5.92. The number of sulfone groups is 1. The largest absolute Gasteiger partial charge is 0.287 e. The summed E-state index contributed by atoms with van der Waals surface area (Å²) in [7, 11) is -3.80. The lowest BCUT2D eigenvalue weighted by Crippen LogP contribution is -2.11. The third-order valence-electron chi connectivity index (χ3n) is 3.67. The third-order valence-corrected chi connectivity index (χ3v) is 6.08. The number of nitro benzene ring substituents is 1. The highest BCUT2D eigenvalue weighted by Crippen LogP contribution is 2.28. The van der Waals surface area contributed by atoms with Gasteiger partial charge in [0.15, 0.2) is 9.84 Å². The summed E-state index contributed by atoms with van der Waals surface area (Å²) in [5, 5.41) is 11.0. The number of benzene rings is 2. The van der Waals surface area contributed by atoms with E-state index in [0.717, 1.165) is 3.57 Å². The Morgan fingerprint density at radius 3 is 2.54 bits per heavy atom. The van der Waals surface area contributed by atoms with Crippen molar-refractivity contribution in [2.45, 2.75) is 24.2 Å². The molecule has 0 fully saturated rings. The summed E-state index contributed by atoms with van der Waals surface area (Å²) in [6, 6.07) is 9.86. The minimum absolute atomic E-state index is 0.188. The Morgan fingerprint density at radius 1 is 1.25 bits per heavy atom. The monoisotopic (exact) mass is 463 g/mol. The van der Waals surface area contributed by atoms with E-state index >= 15 is 0 Å². The Labute approximate surface area is 153 Å². The topological polar surface area (TPSA) is 77.3 Å². The maximum atomic E-state index is 13.5. The smallest absolute Gasteiger partial charge is 0.258 e. The van der Waals surface area contributed by atoms with Crippen molar-refractivity contribution in [2.24, 2.45) is 0 Å². The average molecular weight is 463 g/mol. The first-order valence-corrected chi connectivity index (χ1v) is 9.86. The molecule has 128 valence electrons.